The standard InChI is InChI=1S/C9H5N3/c10-5-1-3-8-4-2-6-12-9(8)7-11/h1-4,6H. The van der Waals surface area contributed by atoms with Crippen molar-refractivity contribution >= 4 is 6.08 Å². The van der Waals surface area contributed by atoms with Gasteiger partial charge in [0.2, 0.25) is 0 Å². The highest BCUT2D eigenvalue weighted by Gasteiger charge is 1.95. The van der Waals surface area contributed by atoms with Crippen molar-refractivity contribution in [3.05, 3.63) is 35.7 Å². The molecule has 0 N–H and O–H groups in total. The average molecular weight is 155 g/mol. The van der Waals surface area contributed by atoms with Crippen LogP contribution in [-0.2, 0) is 0 Å². The summed E-state index contributed by atoms with van der Waals surface area (Å²) in [4.78, 5) is 3.83. The van der Waals surface area contributed by atoms with Gasteiger partial charge >= 0.3 is 0 Å². The Morgan fingerprint density at radius 2 is 2.25 bits per heavy atom. The summed E-state index contributed by atoms with van der Waals surface area (Å²) in [6.07, 6.45) is 4.42. The van der Waals surface area contributed by atoms with E-state index in [-0.39, 0.29) is 0 Å². The van der Waals surface area contributed by atoms with Gasteiger partial charge in [-0.25, -0.2) is 4.98 Å². The molecule has 0 unspecified atom stereocenters. The third kappa shape index (κ3) is 1.68. The quantitative estimate of drug-likeness (QED) is 0.577. The van der Waals surface area contributed by atoms with Crippen LogP contribution in [0.4, 0.5) is 0 Å². The zero-order valence-electron chi connectivity index (χ0n) is 6.23. The summed E-state index contributed by atoms with van der Waals surface area (Å²) in [6.45, 7) is 0. The molecule has 0 aliphatic heterocycles. The third-order valence-corrected chi connectivity index (χ3v) is 1.28. The lowest BCUT2D eigenvalue weighted by Crippen LogP contribution is -1.84. The molecule has 1 aromatic heterocycles. The Morgan fingerprint density at radius 3 is 2.92 bits per heavy atom. The van der Waals surface area contributed by atoms with E-state index >= 15 is 0 Å². The summed E-state index contributed by atoms with van der Waals surface area (Å²) >= 11 is 0. The topological polar surface area (TPSA) is 60.5 Å². The minimum absolute atomic E-state index is 0.337. The molecule has 0 bridgehead atoms. The molecule has 0 radical (unpaired) electrons. The molecule has 0 aliphatic carbocycles. The summed E-state index contributed by atoms with van der Waals surface area (Å²) in [5, 5.41) is 16.8. The molecule has 56 valence electrons. The maximum absolute atomic E-state index is 8.59. The molecule has 12 heavy (non-hydrogen) atoms. The molecule has 0 saturated carbocycles. The van der Waals surface area contributed by atoms with E-state index in [1.807, 2.05) is 12.1 Å². The zero-order valence-corrected chi connectivity index (χ0v) is 6.23. The van der Waals surface area contributed by atoms with Gasteiger partial charge in [0.05, 0.1) is 6.07 Å². The van der Waals surface area contributed by atoms with Crippen LogP contribution in [0.15, 0.2) is 24.4 Å². The van der Waals surface area contributed by atoms with E-state index in [2.05, 4.69) is 4.98 Å². The van der Waals surface area contributed by atoms with Gasteiger partial charge in [-0.3, -0.25) is 0 Å². The average Bonchev–Trinajstić information content (AvgIpc) is 2.15. The first kappa shape index (κ1) is 7.97. The summed E-state index contributed by atoms with van der Waals surface area (Å²) < 4.78 is 0. The van der Waals surface area contributed by atoms with Crippen LogP contribution in [0.2, 0.25) is 0 Å². The number of pyridine rings is 1. The second kappa shape index (κ2) is 3.90. The smallest absolute Gasteiger partial charge is 0.147 e. The number of hydrogen-bond donors (Lipinski definition) is 0. The minimum Gasteiger partial charge on any atom is -0.245 e. The van der Waals surface area contributed by atoms with Crippen LogP contribution < -0.4 is 0 Å². The van der Waals surface area contributed by atoms with E-state index in [1.54, 1.807) is 24.4 Å². The van der Waals surface area contributed by atoms with E-state index in [0.717, 1.165) is 0 Å². The van der Waals surface area contributed by atoms with Crippen molar-refractivity contribution in [3.63, 3.8) is 0 Å². The summed E-state index contributed by atoms with van der Waals surface area (Å²) in [5.74, 6) is 0. The molecule has 0 spiro atoms. The highest BCUT2D eigenvalue weighted by molar-refractivity contribution is 5.56. The zero-order chi connectivity index (χ0) is 8.81. The van der Waals surface area contributed by atoms with Crippen molar-refractivity contribution in [1.82, 2.24) is 4.98 Å². The number of nitrogens with zero attached hydrogens (tertiary/aromatic N) is 3. The van der Waals surface area contributed by atoms with E-state index in [4.69, 9.17) is 10.5 Å². The second-order valence-corrected chi connectivity index (χ2v) is 2.02. The molecular weight excluding hydrogens is 150 g/mol. The van der Waals surface area contributed by atoms with Gasteiger partial charge in [0, 0.05) is 17.8 Å². The number of nitriles is 2. The number of hydrogen-bond acceptors (Lipinski definition) is 3. The molecule has 1 aromatic rings. The van der Waals surface area contributed by atoms with Gasteiger partial charge in [0.25, 0.3) is 0 Å². The maximum atomic E-state index is 8.59. The molecule has 3 nitrogen and oxygen atoms in total. The van der Waals surface area contributed by atoms with Crippen molar-refractivity contribution in [3.8, 4) is 12.1 Å². The molecule has 0 atom stereocenters. The Bertz CT molecular complexity index is 379. The van der Waals surface area contributed by atoms with E-state index in [0.29, 0.717) is 11.3 Å². The third-order valence-electron chi connectivity index (χ3n) is 1.28. The lowest BCUT2D eigenvalue weighted by Gasteiger charge is -1.92. The van der Waals surface area contributed by atoms with Gasteiger partial charge in [-0.05, 0) is 12.1 Å². The minimum atomic E-state index is 0.337. The van der Waals surface area contributed by atoms with Gasteiger partial charge in [-0.1, -0.05) is 6.07 Å². The molecule has 3 heteroatoms. The van der Waals surface area contributed by atoms with Crippen molar-refractivity contribution in [2.24, 2.45) is 0 Å². The highest BCUT2D eigenvalue weighted by atomic mass is 14.7. The molecule has 0 aliphatic rings. The van der Waals surface area contributed by atoms with Gasteiger partial charge in [0.1, 0.15) is 11.8 Å². The summed E-state index contributed by atoms with van der Waals surface area (Å²) in [5.41, 5.74) is 1.01. The normalized spacial score (nSPS) is 9.17. The van der Waals surface area contributed by atoms with E-state index < -0.39 is 0 Å². The van der Waals surface area contributed by atoms with Crippen LogP contribution in [0.1, 0.15) is 11.3 Å². The van der Waals surface area contributed by atoms with Crippen LogP contribution in [0.5, 0.6) is 0 Å². The van der Waals surface area contributed by atoms with E-state index in [1.165, 1.54) is 6.08 Å². The maximum Gasteiger partial charge on any atom is 0.147 e. The van der Waals surface area contributed by atoms with Crippen LogP contribution >= 0.6 is 0 Å². The lowest BCUT2D eigenvalue weighted by molar-refractivity contribution is 1.25. The monoisotopic (exact) mass is 155 g/mol. The Hall–Kier alpha value is -2.13. The summed E-state index contributed by atoms with van der Waals surface area (Å²) in [7, 11) is 0. The van der Waals surface area contributed by atoms with Crippen molar-refractivity contribution < 1.29 is 0 Å². The van der Waals surface area contributed by atoms with Crippen LogP contribution in [0.3, 0.4) is 0 Å². The fraction of sp³-hybridized carbons (Fsp3) is 0. The SMILES string of the molecule is N#CC=Cc1cccnc1C#N. The molecule has 0 aromatic carbocycles. The van der Waals surface area contributed by atoms with Gasteiger partial charge in [-0.15, -0.1) is 0 Å². The second-order valence-electron chi connectivity index (χ2n) is 2.02. The first-order valence-electron chi connectivity index (χ1n) is 3.30. The first-order chi connectivity index (χ1) is 5.88. The fourth-order valence-corrected chi connectivity index (χ4v) is 0.773. The predicted molar refractivity (Wildman–Crippen MR) is 43.6 cm³/mol. The Morgan fingerprint density at radius 1 is 1.42 bits per heavy atom. The van der Waals surface area contributed by atoms with E-state index in [9.17, 15) is 0 Å². The molecule has 0 fully saturated rings. The molecule has 1 rings (SSSR count). The Balaban J connectivity index is 3.09. The summed E-state index contributed by atoms with van der Waals surface area (Å²) in [6, 6.07) is 7.24. The fourth-order valence-electron chi connectivity index (χ4n) is 0.773. The van der Waals surface area contributed by atoms with Crippen LogP contribution in [0, 0.1) is 22.7 Å². The largest absolute Gasteiger partial charge is 0.245 e. The number of aromatic nitrogens is 1. The van der Waals surface area contributed by atoms with Gasteiger partial charge in [-0.2, -0.15) is 10.5 Å². The van der Waals surface area contributed by atoms with Gasteiger partial charge < -0.3 is 0 Å². The van der Waals surface area contributed by atoms with Crippen molar-refractivity contribution in [1.29, 1.82) is 10.5 Å². The van der Waals surface area contributed by atoms with Crippen LogP contribution in [-0.4, -0.2) is 4.98 Å². The first-order valence-corrected chi connectivity index (χ1v) is 3.30. The molecule has 1 heterocycles. The van der Waals surface area contributed by atoms with Crippen LogP contribution in [0.25, 0.3) is 6.08 Å². The molecule has 0 saturated heterocycles. The van der Waals surface area contributed by atoms with Gasteiger partial charge in [0.15, 0.2) is 0 Å². The molecular formula is C9H5N3. The lowest BCUT2D eigenvalue weighted by atomic mass is 10.2. The number of rotatable bonds is 1. The Labute approximate surface area is 70.2 Å². The Kier molecular flexibility index (Phi) is 2.59. The highest BCUT2D eigenvalue weighted by Crippen LogP contribution is 2.05. The van der Waals surface area contributed by atoms with Crippen molar-refractivity contribution in [2.75, 3.05) is 0 Å². The predicted octanol–water partition coefficient (Wildman–Crippen LogP) is 1.49. The van der Waals surface area contributed by atoms with Crippen molar-refractivity contribution in [2.45, 2.75) is 0 Å². The molecule has 0 amide bonds. The number of allylic oxidation sites excluding steroid dienone is 1.